The zero-order valence-electron chi connectivity index (χ0n) is 16.2. The lowest BCUT2D eigenvalue weighted by Crippen LogP contribution is -3.00. The van der Waals surface area contributed by atoms with Gasteiger partial charge in [0.2, 0.25) is 0 Å². The molecule has 3 aromatic rings. The van der Waals surface area contributed by atoms with Crippen LogP contribution >= 0.6 is 0 Å². The van der Waals surface area contributed by atoms with E-state index < -0.39 is 0 Å². The standard InChI is InChI=1S/C25H30N.HI/c1-2-3-4-5-15-22-26(23-16-9-6-10-17-23,24-18-11-7-12-19-24)25-20-13-8-14-21-25;/h6-14,16-21H,2-5,15,22H2,1H3;1H/q+1;/p-1. The fraction of sp³-hybridized carbons (Fsp3) is 0.280. The highest BCUT2D eigenvalue weighted by atomic mass is 127. The summed E-state index contributed by atoms with van der Waals surface area (Å²) >= 11 is 0. The fourth-order valence-electron chi connectivity index (χ4n) is 3.83. The molecular formula is C25H30IN. The molecule has 1 nitrogen and oxygen atoms in total. The molecule has 0 aromatic heterocycles. The molecule has 0 amide bonds. The molecule has 0 fully saturated rings. The van der Waals surface area contributed by atoms with Crippen molar-refractivity contribution < 1.29 is 24.0 Å². The molecule has 0 saturated carbocycles. The molecule has 0 atom stereocenters. The van der Waals surface area contributed by atoms with E-state index in [0.29, 0.717) is 0 Å². The number of hydrogen-bond acceptors (Lipinski definition) is 0. The van der Waals surface area contributed by atoms with Gasteiger partial charge in [0.1, 0.15) is 17.1 Å². The highest BCUT2D eigenvalue weighted by Gasteiger charge is 2.35. The third kappa shape index (κ3) is 5.20. The molecular weight excluding hydrogens is 441 g/mol. The predicted molar refractivity (Wildman–Crippen MR) is 114 cm³/mol. The summed E-state index contributed by atoms with van der Waals surface area (Å²) in [6, 6.07) is 32.9. The molecule has 142 valence electrons. The van der Waals surface area contributed by atoms with Gasteiger partial charge in [-0.25, -0.2) is 4.48 Å². The Bertz CT molecular complexity index is 659. The van der Waals surface area contributed by atoms with Crippen molar-refractivity contribution in [2.75, 3.05) is 6.54 Å². The Morgan fingerprint density at radius 2 is 0.889 bits per heavy atom. The van der Waals surface area contributed by atoms with Crippen molar-refractivity contribution in [1.82, 2.24) is 4.48 Å². The van der Waals surface area contributed by atoms with Gasteiger partial charge in [0.15, 0.2) is 0 Å². The number of halogens is 1. The van der Waals surface area contributed by atoms with Crippen molar-refractivity contribution in [3.05, 3.63) is 91.0 Å². The summed E-state index contributed by atoms with van der Waals surface area (Å²) in [6.45, 7) is 3.36. The minimum absolute atomic E-state index is 0. The molecule has 0 unspecified atom stereocenters. The van der Waals surface area contributed by atoms with Gasteiger partial charge in [0, 0.05) is 0 Å². The first-order valence-corrected chi connectivity index (χ1v) is 9.93. The van der Waals surface area contributed by atoms with Gasteiger partial charge in [-0.1, -0.05) is 80.8 Å². The molecule has 27 heavy (non-hydrogen) atoms. The van der Waals surface area contributed by atoms with Crippen molar-refractivity contribution in [3.8, 4) is 0 Å². The molecule has 0 saturated heterocycles. The van der Waals surface area contributed by atoms with E-state index in [2.05, 4.69) is 97.9 Å². The number of nitrogens with zero attached hydrogens (tertiary/aromatic N) is 1. The molecule has 0 N–H and O–H groups in total. The second-order valence-electron chi connectivity index (χ2n) is 6.95. The SMILES string of the molecule is CCCCCCC[N+](c1ccccc1)(c1ccccc1)c1ccccc1.[I-]. The zero-order chi connectivity index (χ0) is 18.1. The summed E-state index contributed by atoms with van der Waals surface area (Å²) in [5, 5.41) is 0. The van der Waals surface area contributed by atoms with Gasteiger partial charge in [-0.3, -0.25) is 0 Å². The Hall–Kier alpha value is -1.65. The molecule has 0 bridgehead atoms. The van der Waals surface area contributed by atoms with Crippen molar-refractivity contribution in [3.63, 3.8) is 0 Å². The Labute approximate surface area is 181 Å². The second kappa shape index (κ2) is 11.3. The van der Waals surface area contributed by atoms with Crippen molar-refractivity contribution in [2.45, 2.75) is 39.0 Å². The maximum Gasteiger partial charge on any atom is 0.143 e. The molecule has 0 aliphatic carbocycles. The Morgan fingerprint density at radius 3 is 1.26 bits per heavy atom. The molecule has 0 radical (unpaired) electrons. The van der Waals surface area contributed by atoms with Gasteiger partial charge in [-0.2, -0.15) is 0 Å². The number of para-hydroxylation sites is 3. The maximum absolute atomic E-state index is 2.28. The zero-order valence-corrected chi connectivity index (χ0v) is 18.4. The van der Waals surface area contributed by atoms with E-state index in [-0.39, 0.29) is 24.0 Å². The smallest absolute Gasteiger partial charge is 0.143 e. The third-order valence-electron chi connectivity index (χ3n) is 5.19. The minimum atomic E-state index is 0. The third-order valence-corrected chi connectivity index (χ3v) is 5.19. The first-order chi connectivity index (χ1) is 12.9. The molecule has 0 aliphatic rings. The lowest BCUT2D eigenvalue weighted by molar-refractivity contribution is -0.00000525. The van der Waals surface area contributed by atoms with Crippen molar-refractivity contribution in [1.29, 1.82) is 0 Å². The predicted octanol–water partition coefficient (Wildman–Crippen LogP) is 4.63. The summed E-state index contributed by atoms with van der Waals surface area (Å²) in [5.41, 5.74) is 4.00. The molecule has 0 heterocycles. The van der Waals surface area contributed by atoms with Gasteiger partial charge >= 0.3 is 0 Å². The van der Waals surface area contributed by atoms with E-state index in [0.717, 1.165) is 11.0 Å². The molecule has 0 aliphatic heterocycles. The quantitative estimate of drug-likeness (QED) is 0.243. The highest BCUT2D eigenvalue weighted by molar-refractivity contribution is 5.70. The number of unbranched alkanes of at least 4 members (excludes halogenated alkanes) is 4. The normalized spacial score (nSPS) is 11.0. The summed E-state index contributed by atoms with van der Waals surface area (Å²) < 4.78 is 0.786. The van der Waals surface area contributed by atoms with Crippen LogP contribution in [0.5, 0.6) is 0 Å². The van der Waals surface area contributed by atoms with Crippen molar-refractivity contribution in [2.24, 2.45) is 0 Å². The molecule has 2 heteroatoms. The summed E-state index contributed by atoms with van der Waals surface area (Å²) in [4.78, 5) is 0. The van der Waals surface area contributed by atoms with Gasteiger partial charge in [-0.05, 0) is 49.2 Å². The minimum Gasteiger partial charge on any atom is -1.00 e. The van der Waals surface area contributed by atoms with Crippen LogP contribution in [-0.2, 0) is 0 Å². The molecule has 0 spiro atoms. The van der Waals surface area contributed by atoms with Crippen LogP contribution in [0.25, 0.3) is 0 Å². The molecule has 3 aromatic carbocycles. The number of benzene rings is 3. The van der Waals surface area contributed by atoms with E-state index >= 15 is 0 Å². The van der Waals surface area contributed by atoms with Gasteiger partial charge in [-0.15, -0.1) is 0 Å². The average molecular weight is 471 g/mol. The summed E-state index contributed by atoms with van der Waals surface area (Å²) in [6.07, 6.45) is 6.46. The van der Waals surface area contributed by atoms with Crippen molar-refractivity contribution >= 4 is 17.1 Å². The number of hydrogen-bond donors (Lipinski definition) is 0. The lowest BCUT2D eigenvalue weighted by atomic mass is 10.1. The largest absolute Gasteiger partial charge is 1.00 e. The Morgan fingerprint density at radius 1 is 0.519 bits per heavy atom. The Kier molecular flexibility index (Phi) is 9.02. The van der Waals surface area contributed by atoms with E-state index in [9.17, 15) is 0 Å². The Balaban J connectivity index is 0.00000261. The molecule has 3 rings (SSSR count). The fourth-order valence-corrected chi connectivity index (χ4v) is 3.83. The van der Waals surface area contributed by atoms with E-state index in [4.69, 9.17) is 0 Å². The first-order valence-electron chi connectivity index (χ1n) is 9.93. The van der Waals surface area contributed by atoms with E-state index in [1.807, 2.05) is 0 Å². The summed E-state index contributed by atoms with van der Waals surface area (Å²) in [5.74, 6) is 0. The van der Waals surface area contributed by atoms with Gasteiger partial charge in [0.05, 0.1) is 6.54 Å². The van der Waals surface area contributed by atoms with Crippen LogP contribution in [0, 0.1) is 0 Å². The maximum atomic E-state index is 2.28. The van der Waals surface area contributed by atoms with Gasteiger partial charge < -0.3 is 24.0 Å². The first kappa shape index (κ1) is 21.6. The van der Waals surface area contributed by atoms with Crippen LogP contribution in [0.1, 0.15) is 39.0 Å². The van der Waals surface area contributed by atoms with Gasteiger partial charge in [0.25, 0.3) is 0 Å². The van der Waals surface area contributed by atoms with Crippen LogP contribution < -0.4 is 28.5 Å². The van der Waals surface area contributed by atoms with E-state index in [1.165, 1.54) is 49.2 Å². The van der Waals surface area contributed by atoms with Crippen LogP contribution in [-0.4, -0.2) is 6.54 Å². The summed E-state index contributed by atoms with van der Waals surface area (Å²) in [7, 11) is 0. The van der Waals surface area contributed by atoms with E-state index in [1.54, 1.807) is 0 Å². The topological polar surface area (TPSA) is 0 Å². The monoisotopic (exact) mass is 471 g/mol. The lowest BCUT2D eigenvalue weighted by Gasteiger charge is -2.37. The van der Waals surface area contributed by atoms with Crippen LogP contribution in [0.4, 0.5) is 17.1 Å². The number of quaternary nitrogens is 1. The van der Waals surface area contributed by atoms with Crippen LogP contribution in [0.15, 0.2) is 91.0 Å². The second-order valence-corrected chi connectivity index (χ2v) is 6.95. The number of rotatable bonds is 9. The van der Waals surface area contributed by atoms with Crippen LogP contribution in [0.3, 0.4) is 0 Å². The highest BCUT2D eigenvalue weighted by Crippen LogP contribution is 2.43. The average Bonchev–Trinajstić information content (AvgIpc) is 2.73. The van der Waals surface area contributed by atoms with Crippen LogP contribution in [0.2, 0.25) is 0 Å².